The Morgan fingerprint density at radius 1 is 0.836 bits per heavy atom. The SMILES string of the molecule is CC(C)C(CO)N(C[C@@H](O)[C@H](Cc1ccccc1)NC(=O)CC1C=CCC1)S(=O)(=O)c1cn(C)cn1.Cn1cnc(S(=O)(=O)N(CC2CCCO2)C[C@@H](O)[C@H](Cc2ccccc2)NC(=O)c2cc(=O)cc[nH]2)c1. The van der Waals surface area contributed by atoms with Gasteiger partial charge in [0.15, 0.2) is 15.5 Å². The summed E-state index contributed by atoms with van der Waals surface area (Å²) < 4.78 is 65.1. The predicted octanol–water partition coefficient (Wildman–Crippen LogP) is 2.55. The minimum atomic E-state index is -4.13. The maximum Gasteiger partial charge on any atom is 0.268 e. The maximum absolute atomic E-state index is 13.6. The molecule has 1 fully saturated rings. The number of carbonyl (C=O) groups is 2. The van der Waals surface area contributed by atoms with E-state index in [0.29, 0.717) is 25.9 Å². The number of aliphatic hydroxyl groups excluding tert-OH is 3. The third-order valence-electron chi connectivity index (χ3n) is 12.8. The van der Waals surface area contributed by atoms with Gasteiger partial charge in [-0.15, -0.1) is 0 Å². The highest BCUT2D eigenvalue weighted by atomic mass is 32.2. The largest absolute Gasteiger partial charge is 0.395 e. The highest BCUT2D eigenvalue weighted by Crippen LogP contribution is 2.25. The lowest BCUT2D eigenvalue weighted by atomic mass is 9.98. The molecule has 396 valence electrons. The van der Waals surface area contributed by atoms with Crippen molar-refractivity contribution in [2.75, 3.05) is 32.8 Å². The fourth-order valence-corrected chi connectivity index (χ4v) is 12.0. The van der Waals surface area contributed by atoms with Crippen molar-refractivity contribution >= 4 is 31.9 Å². The number of sulfonamides is 2. The molecular formula is C51H69N9O11S2. The van der Waals surface area contributed by atoms with Crippen molar-refractivity contribution in [1.82, 2.24) is 43.3 Å². The molecule has 1 aliphatic carbocycles. The Hall–Kier alpha value is -5.85. The van der Waals surface area contributed by atoms with Gasteiger partial charge in [0.2, 0.25) is 5.91 Å². The van der Waals surface area contributed by atoms with E-state index in [9.17, 15) is 46.5 Å². The molecule has 1 saturated heterocycles. The number of hydrogen-bond donors (Lipinski definition) is 6. The number of ether oxygens (including phenoxy) is 1. The summed E-state index contributed by atoms with van der Waals surface area (Å²) in [5, 5.41) is 38.2. The van der Waals surface area contributed by atoms with Gasteiger partial charge in [0, 0.05) is 77.5 Å². The fourth-order valence-electron chi connectivity index (χ4n) is 8.77. The number of benzene rings is 2. The van der Waals surface area contributed by atoms with E-state index in [1.54, 1.807) is 14.1 Å². The van der Waals surface area contributed by atoms with E-state index < -0.39 is 62.9 Å². The zero-order valence-electron chi connectivity index (χ0n) is 41.7. The molecule has 2 amide bonds. The number of H-pyrrole nitrogens is 1. The number of aliphatic hydroxyl groups is 3. The molecule has 2 aromatic carbocycles. The summed E-state index contributed by atoms with van der Waals surface area (Å²) in [5.74, 6) is -0.832. The summed E-state index contributed by atoms with van der Waals surface area (Å²) >= 11 is 0. The summed E-state index contributed by atoms with van der Waals surface area (Å²) in [5.41, 5.74) is 1.44. The third-order valence-corrected chi connectivity index (χ3v) is 16.3. The van der Waals surface area contributed by atoms with Gasteiger partial charge in [-0.3, -0.25) is 14.4 Å². The van der Waals surface area contributed by atoms with Gasteiger partial charge < -0.3 is 44.8 Å². The van der Waals surface area contributed by atoms with Crippen LogP contribution in [0.15, 0.2) is 131 Å². The van der Waals surface area contributed by atoms with E-state index >= 15 is 0 Å². The number of aryl methyl sites for hydroxylation is 2. The predicted molar refractivity (Wildman–Crippen MR) is 273 cm³/mol. The number of rotatable bonds is 24. The van der Waals surface area contributed by atoms with Crippen LogP contribution < -0.4 is 16.1 Å². The van der Waals surface area contributed by atoms with Gasteiger partial charge >= 0.3 is 0 Å². The average Bonchev–Trinajstić information content (AvgIpc) is 4.22. The number of allylic oxidation sites excluding steroid dienone is 2. The minimum Gasteiger partial charge on any atom is -0.395 e. The minimum absolute atomic E-state index is 0.0371. The van der Waals surface area contributed by atoms with E-state index in [4.69, 9.17) is 4.74 Å². The van der Waals surface area contributed by atoms with E-state index in [2.05, 4.69) is 31.7 Å². The van der Waals surface area contributed by atoms with Crippen LogP contribution in [0.3, 0.4) is 0 Å². The number of amides is 2. The standard InChI is InChI=1S/C26H38N4O5S.C25H31N5O6S/c1-19(2)23(17-31)30(36(34,35)26-16-29(3)18-27-26)15-24(32)22(13-20-9-5-4-6-10-20)28-25(33)14-21-11-7-8-12-21;1-29-16-24(27-17-29)37(34,35)30(14-20-8-5-11-36-20)15-23(32)21(12-18-6-3-2-4-7-18)28-25(33)22-13-19(31)9-10-26-22/h4-7,9-11,16,18-19,21-24,31-32H,8,12-15,17H2,1-3H3,(H,28,33);2-4,6-7,9-10,13,16-17,20-21,23,32H,5,8,11-12,14-15H2,1H3,(H,26,31)(H,28,33)/t21?,22-,23?,24+;20?,21-,23+/m00/s1. The van der Waals surface area contributed by atoms with Crippen molar-refractivity contribution < 1.29 is 46.5 Å². The highest BCUT2D eigenvalue weighted by Gasteiger charge is 2.39. The van der Waals surface area contributed by atoms with Crippen LogP contribution in [0.25, 0.3) is 0 Å². The molecule has 7 atom stereocenters. The van der Waals surface area contributed by atoms with Crippen molar-refractivity contribution in [2.24, 2.45) is 25.9 Å². The molecule has 5 aromatic rings. The second-order valence-corrected chi connectivity index (χ2v) is 22.7. The topological polar surface area (TPSA) is 271 Å². The number of carbonyl (C=O) groups excluding carboxylic acids is 2. The maximum atomic E-state index is 13.6. The Morgan fingerprint density at radius 3 is 1.93 bits per heavy atom. The van der Waals surface area contributed by atoms with Crippen LogP contribution in [0.2, 0.25) is 0 Å². The Labute approximate surface area is 427 Å². The molecule has 2 aliphatic rings. The van der Waals surface area contributed by atoms with Crippen LogP contribution in [0.5, 0.6) is 0 Å². The van der Waals surface area contributed by atoms with Crippen LogP contribution in [0.1, 0.15) is 67.6 Å². The number of nitrogens with zero attached hydrogens (tertiary/aromatic N) is 6. The molecule has 6 N–H and O–H groups in total. The number of aromatic nitrogens is 5. The lowest BCUT2D eigenvalue weighted by Crippen LogP contribution is -2.54. The Morgan fingerprint density at radius 2 is 1.42 bits per heavy atom. The van der Waals surface area contributed by atoms with Gasteiger partial charge in [-0.1, -0.05) is 86.7 Å². The molecule has 4 heterocycles. The van der Waals surface area contributed by atoms with Gasteiger partial charge in [0.25, 0.3) is 26.0 Å². The molecule has 20 nitrogen and oxygen atoms in total. The fraction of sp³-hybridized carbons (Fsp3) is 0.471. The third kappa shape index (κ3) is 16.1. The summed E-state index contributed by atoms with van der Waals surface area (Å²) in [6.45, 7) is 3.21. The molecule has 22 heteroatoms. The van der Waals surface area contributed by atoms with Crippen molar-refractivity contribution in [3.8, 4) is 0 Å². The number of aromatic amines is 1. The number of nitrogens with one attached hydrogen (secondary N) is 3. The first-order valence-electron chi connectivity index (χ1n) is 24.4. The summed E-state index contributed by atoms with van der Waals surface area (Å²) in [4.78, 5) is 48.3. The van der Waals surface area contributed by atoms with Gasteiger partial charge in [0.05, 0.1) is 55.7 Å². The second kappa shape index (κ2) is 26.4. The molecule has 0 bridgehead atoms. The Kier molecular flexibility index (Phi) is 20.4. The van der Waals surface area contributed by atoms with Gasteiger partial charge in [-0.05, 0) is 61.5 Å². The molecule has 73 heavy (non-hydrogen) atoms. The van der Waals surface area contributed by atoms with E-state index in [1.165, 1.54) is 50.8 Å². The first-order valence-corrected chi connectivity index (χ1v) is 27.3. The Bertz CT molecular complexity index is 2850. The smallest absolute Gasteiger partial charge is 0.268 e. The number of hydrogen-bond acceptors (Lipinski definition) is 13. The summed E-state index contributed by atoms with van der Waals surface area (Å²) in [7, 11) is -4.84. The average molecular weight is 1050 g/mol. The van der Waals surface area contributed by atoms with Gasteiger partial charge in [-0.2, -0.15) is 8.61 Å². The molecule has 0 radical (unpaired) electrons. The van der Waals surface area contributed by atoms with Crippen LogP contribution >= 0.6 is 0 Å². The van der Waals surface area contributed by atoms with Crippen molar-refractivity contribution in [2.45, 2.75) is 105 Å². The number of pyridine rings is 1. The monoisotopic (exact) mass is 1050 g/mol. The molecule has 1 aliphatic heterocycles. The van der Waals surface area contributed by atoms with Gasteiger partial charge in [0.1, 0.15) is 5.69 Å². The normalized spacial score (nSPS) is 18.0. The summed E-state index contributed by atoms with van der Waals surface area (Å²) in [6.07, 6.45) is 12.5. The van der Waals surface area contributed by atoms with E-state index in [-0.39, 0.29) is 71.1 Å². The molecule has 3 unspecified atom stereocenters. The van der Waals surface area contributed by atoms with Crippen LogP contribution in [0, 0.1) is 11.8 Å². The van der Waals surface area contributed by atoms with Gasteiger partial charge in [-0.25, -0.2) is 26.8 Å². The molecule has 7 rings (SSSR count). The van der Waals surface area contributed by atoms with Crippen molar-refractivity contribution in [1.29, 1.82) is 0 Å². The first-order chi connectivity index (χ1) is 34.8. The van der Waals surface area contributed by atoms with E-state index in [0.717, 1.165) is 40.8 Å². The van der Waals surface area contributed by atoms with Crippen LogP contribution in [-0.2, 0) is 56.5 Å². The lowest BCUT2D eigenvalue weighted by molar-refractivity contribution is -0.123. The molecular weight excluding hydrogens is 979 g/mol. The molecule has 0 saturated carbocycles. The van der Waals surface area contributed by atoms with Crippen LogP contribution in [0.4, 0.5) is 0 Å². The molecule has 0 spiro atoms. The van der Waals surface area contributed by atoms with Crippen LogP contribution in [-0.4, -0.2) is 146 Å². The zero-order chi connectivity index (χ0) is 52.7. The Balaban J connectivity index is 0.000000238. The molecule has 3 aromatic heterocycles. The zero-order valence-corrected chi connectivity index (χ0v) is 43.3. The first kappa shape index (κ1) is 56.4. The lowest BCUT2D eigenvalue weighted by Gasteiger charge is -2.35. The van der Waals surface area contributed by atoms with Crippen molar-refractivity contribution in [3.05, 3.63) is 143 Å². The highest BCUT2D eigenvalue weighted by molar-refractivity contribution is 7.89. The van der Waals surface area contributed by atoms with E-state index in [1.807, 2.05) is 80.6 Å². The van der Waals surface area contributed by atoms with Crippen molar-refractivity contribution in [3.63, 3.8) is 0 Å². The second-order valence-electron chi connectivity index (χ2n) is 19.0. The summed E-state index contributed by atoms with van der Waals surface area (Å²) in [6, 6.07) is 18.8. The number of imidazole rings is 2. The quantitative estimate of drug-likeness (QED) is 0.0486.